The molecule has 0 N–H and O–H groups in total. The van der Waals surface area contributed by atoms with Crippen molar-refractivity contribution in [1.82, 2.24) is 4.98 Å². The highest BCUT2D eigenvalue weighted by atomic mass is 35.5. The van der Waals surface area contributed by atoms with E-state index in [1.807, 2.05) is 24.3 Å². The Kier molecular flexibility index (Phi) is 5.73. The summed E-state index contributed by atoms with van der Waals surface area (Å²) in [6, 6.07) is 17.1. The number of amides is 1. The number of methoxy groups -OCH3 is 1. The molecule has 2 heterocycles. The lowest BCUT2D eigenvalue weighted by Crippen LogP contribution is -2.31. The number of carbonyl (C=O) groups is 1. The maximum absolute atomic E-state index is 13.4. The number of benzene rings is 2. The highest BCUT2D eigenvalue weighted by molar-refractivity contribution is 6.32. The lowest BCUT2D eigenvalue weighted by atomic mass is 10.1. The first-order valence-electron chi connectivity index (χ1n) is 9.56. The van der Waals surface area contributed by atoms with Gasteiger partial charge in [0.25, 0.3) is 5.91 Å². The van der Waals surface area contributed by atoms with Crippen LogP contribution in [0.15, 0.2) is 76.1 Å². The van der Waals surface area contributed by atoms with Crippen LogP contribution in [0, 0.1) is 6.92 Å². The van der Waals surface area contributed by atoms with Crippen LogP contribution >= 0.6 is 11.6 Å². The van der Waals surface area contributed by atoms with Crippen molar-refractivity contribution in [3.8, 4) is 5.75 Å². The average molecular weight is 435 g/mol. The molecular weight excluding hydrogens is 416 g/mol. The van der Waals surface area contributed by atoms with Gasteiger partial charge < -0.3 is 9.15 Å². The molecular formula is C24H19ClN2O4. The number of nitrogens with zero attached hydrogens (tertiary/aromatic N) is 2. The molecule has 7 heteroatoms. The number of pyridine rings is 1. The third-order valence-corrected chi connectivity index (χ3v) is 5.30. The first-order valence-corrected chi connectivity index (χ1v) is 9.94. The van der Waals surface area contributed by atoms with Crippen LogP contribution in [0.3, 0.4) is 0 Å². The summed E-state index contributed by atoms with van der Waals surface area (Å²) in [5.74, 6) is 0.585. The zero-order valence-corrected chi connectivity index (χ0v) is 17.7. The fraction of sp³-hybridized carbons (Fsp3) is 0.125. The molecule has 0 saturated heterocycles. The van der Waals surface area contributed by atoms with E-state index in [-0.39, 0.29) is 23.3 Å². The summed E-state index contributed by atoms with van der Waals surface area (Å²) in [5, 5.41) is 0.832. The zero-order chi connectivity index (χ0) is 22.0. The molecule has 1 amide bonds. The molecule has 2 aromatic heterocycles. The third-order valence-electron chi connectivity index (χ3n) is 4.89. The van der Waals surface area contributed by atoms with Gasteiger partial charge in [0.05, 0.1) is 19.0 Å². The van der Waals surface area contributed by atoms with Crippen LogP contribution < -0.4 is 15.1 Å². The second-order valence-electron chi connectivity index (χ2n) is 7.00. The number of halogens is 1. The number of fused-ring (bicyclic) bond motifs is 1. The monoisotopic (exact) mass is 434 g/mol. The van der Waals surface area contributed by atoms with E-state index in [0.717, 1.165) is 11.1 Å². The van der Waals surface area contributed by atoms with Gasteiger partial charge in [-0.25, -0.2) is 4.98 Å². The van der Waals surface area contributed by atoms with Crippen molar-refractivity contribution < 1.29 is 13.9 Å². The van der Waals surface area contributed by atoms with Gasteiger partial charge in [-0.05, 0) is 48.4 Å². The lowest BCUT2D eigenvalue weighted by Gasteiger charge is -2.21. The van der Waals surface area contributed by atoms with Crippen LogP contribution in [0.4, 0.5) is 5.82 Å². The predicted octanol–water partition coefficient (Wildman–Crippen LogP) is 5.01. The van der Waals surface area contributed by atoms with Gasteiger partial charge in [-0.3, -0.25) is 14.5 Å². The van der Waals surface area contributed by atoms with Gasteiger partial charge in [-0.2, -0.15) is 0 Å². The fourth-order valence-electron chi connectivity index (χ4n) is 3.21. The van der Waals surface area contributed by atoms with Crippen molar-refractivity contribution in [2.24, 2.45) is 0 Å². The molecule has 0 aliphatic rings. The Morgan fingerprint density at radius 1 is 1.13 bits per heavy atom. The van der Waals surface area contributed by atoms with Crippen molar-refractivity contribution in [3.63, 3.8) is 0 Å². The maximum Gasteiger partial charge on any atom is 0.295 e. The highest BCUT2D eigenvalue weighted by Crippen LogP contribution is 2.24. The molecule has 0 saturated carbocycles. The summed E-state index contributed by atoms with van der Waals surface area (Å²) in [7, 11) is 1.59. The zero-order valence-electron chi connectivity index (χ0n) is 17.0. The van der Waals surface area contributed by atoms with E-state index >= 15 is 0 Å². The molecule has 0 atom stereocenters. The van der Waals surface area contributed by atoms with E-state index in [2.05, 4.69) is 4.98 Å². The number of rotatable bonds is 5. The summed E-state index contributed by atoms with van der Waals surface area (Å²) in [4.78, 5) is 31.8. The summed E-state index contributed by atoms with van der Waals surface area (Å²) < 4.78 is 11.0. The Morgan fingerprint density at radius 2 is 1.90 bits per heavy atom. The molecule has 0 bridgehead atoms. The molecule has 31 heavy (non-hydrogen) atoms. The lowest BCUT2D eigenvalue weighted by molar-refractivity contribution is 0.0958. The van der Waals surface area contributed by atoms with Crippen molar-refractivity contribution in [3.05, 3.63) is 99.0 Å². The van der Waals surface area contributed by atoms with Gasteiger partial charge in [0.1, 0.15) is 17.2 Å². The quantitative estimate of drug-likeness (QED) is 0.441. The van der Waals surface area contributed by atoms with E-state index in [1.54, 1.807) is 50.6 Å². The van der Waals surface area contributed by atoms with Crippen LogP contribution in [0.2, 0.25) is 5.02 Å². The average Bonchev–Trinajstić information content (AvgIpc) is 2.79. The Morgan fingerprint density at radius 3 is 2.58 bits per heavy atom. The molecule has 6 nitrogen and oxygen atoms in total. The number of aryl methyl sites for hydroxylation is 1. The first kappa shape index (κ1) is 20.6. The molecule has 4 rings (SSSR count). The van der Waals surface area contributed by atoms with Crippen LogP contribution in [0.1, 0.15) is 21.7 Å². The topological polar surface area (TPSA) is 72.6 Å². The van der Waals surface area contributed by atoms with Crippen LogP contribution in [-0.4, -0.2) is 18.0 Å². The molecule has 0 fully saturated rings. The number of carbonyl (C=O) groups excluding carboxylic acids is 1. The first-order chi connectivity index (χ1) is 15.0. The standard InChI is InChI=1S/C24H19ClN2O4/c1-15-11-18-20(28)13-22(31-21(18)12-19(15)25)24(29)27(23-5-3-4-10-26-23)14-16-6-8-17(30-2)9-7-16/h3-13H,14H2,1-2H3. The van der Waals surface area contributed by atoms with Crippen LogP contribution in [0.25, 0.3) is 11.0 Å². The van der Waals surface area contributed by atoms with E-state index < -0.39 is 5.91 Å². The molecule has 4 aromatic rings. The normalized spacial score (nSPS) is 10.8. The summed E-state index contributed by atoms with van der Waals surface area (Å²) in [5.41, 5.74) is 1.57. The molecule has 0 aliphatic heterocycles. The van der Waals surface area contributed by atoms with Gasteiger partial charge in [0, 0.05) is 23.4 Å². The van der Waals surface area contributed by atoms with Gasteiger partial charge >= 0.3 is 0 Å². The van der Waals surface area contributed by atoms with E-state index in [0.29, 0.717) is 22.0 Å². The molecule has 156 valence electrons. The number of anilines is 1. The largest absolute Gasteiger partial charge is 0.497 e. The van der Waals surface area contributed by atoms with Crippen LogP contribution in [-0.2, 0) is 6.54 Å². The molecule has 0 aliphatic carbocycles. The maximum atomic E-state index is 13.4. The Bertz CT molecular complexity index is 1300. The summed E-state index contributed by atoms with van der Waals surface area (Å²) in [6.07, 6.45) is 1.60. The third kappa shape index (κ3) is 4.29. The van der Waals surface area contributed by atoms with E-state index in [9.17, 15) is 9.59 Å². The molecule has 0 spiro atoms. The second-order valence-corrected chi connectivity index (χ2v) is 7.41. The Labute approximate surface area is 183 Å². The summed E-state index contributed by atoms with van der Waals surface area (Å²) >= 11 is 6.18. The minimum atomic E-state index is -0.481. The number of aromatic nitrogens is 1. The highest BCUT2D eigenvalue weighted by Gasteiger charge is 2.23. The number of hydrogen-bond donors (Lipinski definition) is 0. The molecule has 0 unspecified atom stereocenters. The van der Waals surface area contributed by atoms with E-state index in [4.69, 9.17) is 20.8 Å². The minimum Gasteiger partial charge on any atom is -0.497 e. The van der Waals surface area contributed by atoms with Gasteiger partial charge in [0.15, 0.2) is 11.2 Å². The van der Waals surface area contributed by atoms with Gasteiger partial charge in [-0.15, -0.1) is 0 Å². The number of ether oxygens (including phenoxy) is 1. The van der Waals surface area contributed by atoms with Crippen molar-refractivity contribution in [2.75, 3.05) is 12.0 Å². The van der Waals surface area contributed by atoms with Crippen molar-refractivity contribution >= 4 is 34.3 Å². The van der Waals surface area contributed by atoms with Crippen LogP contribution in [0.5, 0.6) is 5.75 Å². The molecule has 0 radical (unpaired) electrons. The Hall–Kier alpha value is -3.64. The van der Waals surface area contributed by atoms with Crippen molar-refractivity contribution in [1.29, 1.82) is 0 Å². The number of hydrogen-bond acceptors (Lipinski definition) is 5. The predicted molar refractivity (Wildman–Crippen MR) is 120 cm³/mol. The Balaban J connectivity index is 1.76. The minimum absolute atomic E-state index is 0.0865. The van der Waals surface area contributed by atoms with Crippen molar-refractivity contribution in [2.45, 2.75) is 13.5 Å². The second kappa shape index (κ2) is 8.62. The molecule has 2 aromatic carbocycles. The summed E-state index contributed by atoms with van der Waals surface area (Å²) in [6.45, 7) is 2.04. The SMILES string of the molecule is COc1ccc(CN(C(=O)c2cc(=O)c3cc(C)c(Cl)cc3o2)c2ccccn2)cc1. The smallest absolute Gasteiger partial charge is 0.295 e. The van der Waals surface area contributed by atoms with Gasteiger partial charge in [-0.1, -0.05) is 29.8 Å². The fourth-order valence-corrected chi connectivity index (χ4v) is 3.36. The van der Waals surface area contributed by atoms with Gasteiger partial charge in [0.2, 0.25) is 0 Å². The van der Waals surface area contributed by atoms with E-state index in [1.165, 1.54) is 11.0 Å².